The summed E-state index contributed by atoms with van der Waals surface area (Å²) < 4.78 is 0. The Hall–Kier alpha value is -0.180. The number of hydrogen-bond acceptors (Lipinski definition) is 4. The standard InChI is InChI=1S/C7H14Br2O2.C6H10O4/c8-3-1-7(5-10,6-11)2-4-9;7-5(8)3-1-2-4-6(9)10/h10-11H,1-6H2;1-4H2,(H,7,8)(H,9,10). The normalized spacial score (nSPS) is 10.7. The van der Waals surface area contributed by atoms with Crippen LogP contribution in [0.2, 0.25) is 0 Å². The highest BCUT2D eigenvalue weighted by molar-refractivity contribution is 9.09. The van der Waals surface area contributed by atoms with Gasteiger partial charge in [-0.15, -0.1) is 0 Å². The van der Waals surface area contributed by atoms with Gasteiger partial charge in [-0.3, -0.25) is 9.59 Å². The molecule has 0 saturated carbocycles. The van der Waals surface area contributed by atoms with Crippen molar-refractivity contribution in [1.29, 1.82) is 0 Å². The zero-order chi connectivity index (χ0) is 16.7. The minimum Gasteiger partial charge on any atom is -0.481 e. The van der Waals surface area contributed by atoms with Crippen molar-refractivity contribution in [3.8, 4) is 0 Å². The summed E-state index contributed by atoms with van der Waals surface area (Å²) in [6, 6.07) is 0. The first-order valence-electron chi connectivity index (χ1n) is 6.64. The maximum Gasteiger partial charge on any atom is 0.303 e. The molecule has 0 aliphatic carbocycles. The van der Waals surface area contributed by atoms with Crippen molar-refractivity contribution in [2.45, 2.75) is 38.5 Å². The highest BCUT2D eigenvalue weighted by Crippen LogP contribution is 2.27. The second-order valence-corrected chi connectivity index (χ2v) is 6.27. The fourth-order valence-electron chi connectivity index (χ4n) is 1.44. The Morgan fingerprint density at radius 3 is 1.33 bits per heavy atom. The van der Waals surface area contributed by atoms with Gasteiger partial charge in [0.2, 0.25) is 0 Å². The fourth-order valence-corrected chi connectivity index (χ4v) is 3.13. The SMILES string of the molecule is O=C(O)CCCCC(=O)O.OCC(CO)(CCBr)CCBr. The van der Waals surface area contributed by atoms with Crippen LogP contribution in [-0.4, -0.2) is 56.2 Å². The van der Waals surface area contributed by atoms with Gasteiger partial charge >= 0.3 is 11.9 Å². The van der Waals surface area contributed by atoms with E-state index in [0.717, 1.165) is 23.5 Å². The van der Waals surface area contributed by atoms with Crippen LogP contribution in [-0.2, 0) is 9.59 Å². The summed E-state index contributed by atoms with van der Waals surface area (Å²) in [5.41, 5.74) is -0.299. The molecular weight excluding hydrogens is 412 g/mol. The largest absolute Gasteiger partial charge is 0.481 e. The number of aliphatic hydroxyl groups excluding tert-OH is 2. The molecule has 0 aliphatic heterocycles. The molecule has 21 heavy (non-hydrogen) atoms. The molecule has 0 spiro atoms. The lowest BCUT2D eigenvalue weighted by molar-refractivity contribution is -0.139. The number of carbonyl (C=O) groups is 2. The average molecular weight is 436 g/mol. The van der Waals surface area contributed by atoms with E-state index in [4.69, 9.17) is 20.4 Å². The zero-order valence-corrected chi connectivity index (χ0v) is 15.1. The molecular formula is C13H24Br2O6. The summed E-state index contributed by atoms with van der Waals surface area (Å²) in [5, 5.41) is 36.0. The molecule has 0 aliphatic rings. The van der Waals surface area contributed by atoms with Gasteiger partial charge < -0.3 is 20.4 Å². The Kier molecular flexibility index (Phi) is 16.2. The van der Waals surface area contributed by atoms with E-state index in [9.17, 15) is 9.59 Å². The summed E-state index contributed by atoms with van der Waals surface area (Å²) in [4.78, 5) is 19.8. The smallest absolute Gasteiger partial charge is 0.303 e. The monoisotopic (exact) mass is 434 g/mol. The van der Waals surface area contributed by atoms with Gasteiger partial charge in [-0.05, 0) is 25.7 Å². The lowest BCUT2D eigenvalue weighted by Crippen LogP contribution is -2.30. The third-order valence-corrected chi connectivity index (χ3v) is 3.74. The maximum atomic E-state index is 9.90. The van der Waals surface area contributed by atoms with E-state index in [-0.39, 0.29) is 31.5 Å². The topological polar surface area (TPSA) is 115 Å². The maximum absolute atomic E-state index is 9.90. The van der Waals surface area contributed by atoms with Gasteiger partial charge in [0.05, 0.1) is 13.2 Å². The molecule has 8 heteroatoms. The Labute approximate surface area is 141 Å². The Balaban J connectivity index is 0. The number of hydrogen-bond donors (Lipinski definition) is 4. The molecule has 4 N–H and O–H groups in total. The molecule has 0 aromatic rings. The second kappa shape index (κ2) is 14.7. The van der Waals surface area contributed by atoms with Gasteiger partial charge in [-0.2, -0.15) is 0 Å². The van der Waals surface area contributed by atoms with E-state index in [2.05, 4.69) is 31.9 Å². The van der Waals surface area contributed by atoms with E-state index in [1.165, 1.54) is 0 Å². The van der Waals surface area contributed by atoms with Crippen molar-refractivity contribution in [2.24, 2.45) is 5.41 Å². The highest BCUT2D eigenvalue weighted by atomic mass is 79.9. The molecule has 0 aromatic heterocycles. The van der Waals surface area contributed by atoms with Crippen LogP contribution in [0.3, 0.4) is 0 Å². The number of halogens is 2. The molecule has 0 saturated heterocycles. The van der Waals surface area contributed by atoms with Crippen LogP contribution in [0.1, 0.15) is 38.5 Å². The van der Waals surface area contributed by atoms with Crippen molar-refractivity contribution >= 4 is 43.8 Å². The summed E-state index contributed by atoms with van der Waals surface area (Å²) in [6.45, 7) is 0.112. The quantitative estimate of drug-likeness (QED) is 0.292. The minimum atomic E-state index is -0.870. The lowest BCUT2D eigenvalue weighted by Gasteiger charge is -2.27. The molecule has 6 nitrogen and oxygen atoms in total. The molecule has 0 aromatic carbocycles. The van der Waals surface area contributed by atoms with Crippen molar-refractivity contribution in [3.05, 3.63) is 0 Å². The number of rotatable bonds is 11. The summed E-state index contributed by atoms with van der Waals surface area (Å²) >= 11 is 6.60. The first kappa shape index (κ1) is 23.1. The molecule has 0 amide bonds. The van der Waals surface area contributed by atoms with E-state index < -0.39 is 11.9 Å². The average Bonchev–Trinajstić information content (AvgIpc) is 2.43. The first-order chi connectivity index (χ1) is 9.87. The summed E-state index contributed by atoms with van der Waals surface area (Å²) in [6.07, 6.45) is 2.64. The Morgan fingerprint density at radius 1 is 0.810 bits per heavy atom. The third-order valence-electron chi connectivity index (χ3n) is 2.95. The zero-order valence-electron chi connectivity index (χ0n) is 11.9. The number of alkyl halides is 2. The van der Waals surface area contributed by atoms with Crippen molar-refractivity contribution < 1.29 is 30.0 Å². The van der Waals surface area contributed by atoms with E-state index in [1.54, 1.807) is 0 Å². The molecule has 0 fully saturated rings. The number of aliphatic hydroxyl groups is 2. The van der Waals surface area contributed by atoms with Gasteiger partial charge in [-0.25, -0.2) is 0 Å². The van der Waals surface area contributed by atoms with Crippen molar-refractivity contribution in [1.82, 2.24) is 0 Å². The van der Waals surface area contributed by atoms with E-state index >= 15 is 0 Å². The van der Waals surface area contributed by atoms with Crippen LogP contribution < -0.4 is 0 Å². The Bertz CT molecular complexity index is 258. The van der Waals surface area contributed by atoms with Gasteiger partial charge in [0.15, 0.2) is 0 Å². The van der Waals surface area contributed by atoms with Crippen LogP contribution in [0.25, 0.3) is 0 Å². The predicted molar refractivity (Wildman–Crippen MR) is 87.2 cm³/mol. The molecule has 0 radical (unpaired) electrons. The molecule has 0 atom stereocenters. The van der Waals surface area contributed by atoms with Crippen molar-refractivity contribution in [3.63, 3.8) is 0 Å². The number of carboxylic acids is 2. The number of aliphatic carboxylic acids is 2. The van der Waals surface area contributed by atoms with Gasteiger partial charge in [0.1, 0.15) is 0 Å². The minimum absolute atomic E-state index is 0.0562. The van der Waals surface area contributed by atoms with Crippen LogP contribution in [0.15, 0.2) is 0 Å². The third kappa shape index (κ3) is 14.5. The second-order valence-electron chi connectivity index (χ2n) is 4.69. The lowest BCUT2D eigenvalue weighted by atomic mass is 9.84. The predicted octanol–water partition coefficient (Wildman–Crippen LogP) is 2.24. The van der Waals surface area contributed by atoms with E-state index in [1.807, 2.05) is 0 Å². The molecule has 0 unspecified atom stereocenters. The molecule has 0 heterocycles. The first-order valence-corrected chi connectivity index (χ1v) is 8.89. The summed E-state index contributed by atoms with van der Waals surface area (Å²) in [7, 11) is 0. The highest BCUT2D eigenvalue weighted by Gasteiger charge is 2.26. The van der Waals surface area contributed by atoms with Crippen LogP contribution in [0.5, 0.6) is 0 Å². The van der Waals surface area contributed by atoms with Crippen LogP contribution in [0.4, 0.5) is 0 Å². The van der Waals surface area contributed by atoms with Crippen molar-refractivity contribution in [2.75, 3.05) is 23.9 Å². The molecule has 0 bridgehead atoms. The van der Waals surface area contributed by atoms with E-state index in [0.29, 0.717) is 12.8 Å². The summed E-state index contributed by atoms with van der Waals surface area (Å²) in [5.74, 6) is -1.74. The van der Waals surface area contributed by atoms with Gasteiger partial charge in [0, 0.05) is 28.9 Å². The van der Waals surface area contributed by atoms with Crippen LogP contribution >= 0.6 is 31.9 Å². The molecule has 126 valence electrons. The molecule has 0 rings (SSSR count). The van der Waals surface area contributed by atoms with Crippen LogP contribution in [0, 0.1) is 5.41 Å². The fraction of sp³-hybridized carbons (Fsp3) is 0.846. The number of carboxylic acid groups (broad SMARTS) is 2. The van der Waals surface area contributed by atoms with Gasteiger partial charge in [-0.1, -0.05) is 31.9 Å². The number of unbranched alkanes of at least 4 members (excludes halogenated alkanes) is 1. The Morgan fingerprint density at radius 2 is 1.14 bits per heavy atom. The van der Waals surface area contributed by atoms with Gasteiger partial charge in [0.25, 0.3) is 0 Å².